The number of nitrogens with one attached hydrogen (secondary N) is 1. The van der Waals surface area contributed by atoms with Crippen LogP contribution in [0.1, 0.15) is 63.2 Å². The molecule has 20 heavy (non-hydrogen) atoms. The van der Waals surface area contributed by atoms with Crippen molar-refractivity contribution >= 4 is 5.91 Å². The Bertz CT molecular complexity index is 490. The summed E-state index contributed by atoms with van der Waals surface area (Å²) in [5.41, 5.74) is 2.56. The van der Waals surface area contributed by atoms with Crippen molar-refractivity contribution in [2.24, 2.45) is 0 Å². The van der Waals surface area contributed by atoms with Crippen molar-refractivity contribution in [3.05, 3.63) is 35.4 Å². The van der Waals surface area contributed by atoms with Crippen molar-refractivity contribution < 1.29 is 4.79 Å². The maximum Gasteiger partial charge on any atom is 0.241 e. The fourth-order valence-electron chi connectivity index (χ4n) is 3.11. The third-order valence-corrected chi connectivity index (χ3v) is 4.70. The number of hydrogen-bond acceptors (Lipinski definition) is 2. The molecule has 108 valence electrons. The SMILES string of the molecule is CC1NC(c2ccc(C(C)C)cc2)N(C2CCC2)C1=O. The molecule has 1 aromatic rings. The van der Waals surface area contributed by atoms with E-state index in [9.17, 15) is 4.79 Å². The van der Waals surface area contributed by atoms with Gasteiger partial charge in [0.05, 0.1) is 6.04 Å². The number of nitrogens with zero attached hydrogens (tertiary/aromatic N) is 1. The molecule has 1 heterocycles. The second kappa shape index (κ2) is 5.21. The summed E-state index contributed by atoms with van der Waals surface area (Å²) >= 11 is 0. The van der Waals surface area contributed by atoms with Gasteiger partial charge in [0.1, 0.15) is 6.17 Å². The highest BCUT2D eigenvalue weighted by Crippen LogP contribution is 2.35. The molecule has 3 nitrogen and oxygen atoms in total. The summed E-state index contributed by atoms with van der Waals surface area (Å²) in [4.78, 5) is 14.4. The van der Waals surface area contributed by atoms with Gasteiger partial charge >= 0.3 is 0 Å². The van der Waals surface area contributed by atoms with Crippen LogP contribution >= 0.6 is 0 Å². The zero-order valence-corrected chi connectivity index (χ0v) is 12.6. The van der Waals surface area contributed by atoms with Crippen molar-refractivity contribution in [3.63, 3.8) is 0 Å². The molecule has 1 aliphatic carbocycles. The summed E-state index contributed by atoms with van der Waals surface area (Å²) in [6, 6.07) is 9.09. The standard InChI is InChI=1S/C17H24N2O/c1-11(2)13-7-9-14(10-8-13)16-18-12(3)17(20)19(16)15-5-4-6-15/h7-12,15-16,18H,4-6H2,1-3H3. The van der Waals surface area contributed by atoms with E-state index in [-0.39, 0.29) is 18.1 Å². The van der Waals surface area contributed by atoms with Gasteiger partial charge in [-0.25, -0.2) is 0 Å². The highest BCUT2D eigenvalue weighted by molar-refractivity contribution is 5.84. The fourth-order valence-corrected chi connectivity index (χ4v) is 3.11. The molecule has 2 atom stereocenters. The van der Waals surface area contributed by atoms with Crippen LogP contribution < -0.4 is 5.32 Å². The first-order valence-corrected chi connectivity index (χ1v) is 7.76. The van der Waals surface area contributed by atoms with E-state index in [1.165, 1.54) is 17.5 Å². The molecule has 1 saturated heterocycles. The fraction of sp³-hybridized carbons (Fsp3) is 0.588. The third kappa shape index (κ3) is 2.24. The number of rotatable bonds is 3. The minimum absolute atomic E-state index is 0.0593. The lowest BCUT2D eigenvalue weighted by atomic mass is 9.90. The van der Waals surface area contributed by atoms with E-state index in [0.29, 0.717) is 12.0 Å². The molecule has 2 unspecified atom stereocenters. The van der Waals surface area contributed by atoms with Crippen LogP contribution in [0.3, 0.4) is 0 Å². The largest absolute Gasteiger partial charge is 0.319 e. The van der Waals surface area contributed by atoms with Gasteiger partial charge in [0.25, 0.3) is 0 Å². The minimum atomic E-state index is -0.0645. The summed E-state index contributed by atoms with van der Waals surface area (Å²) in [5, 5.41) is 3.44. The van der Waals surface area contributed by atoms with Crippen LogP contribution in [-0.4, -0.2) is 22.9 Å². The topological polar surface area (TPSA) is 32.3 Å². The Kier molecular flexibility index (Phi) is 3.55. The third-order valence-electron chi connectivity index (χ3n) is 4.70. The van der Waals surface area contributed by atoms with E-state index in [2.05, 4.69) is 48.3 Å². The summed E-state index contributed by atoms with van der Waals surface area (Å²) in [7, 11) is 0. The smallest absolute Gasteiger partial charge is 0.241 e. The molecule has 2 fully saturated rings. The Balaban J connectivity index is 1.85. The van der Waals surface area contributed by atoms with Gasteiger partial charge in [-0.3, -0.25) is 10.1 Å². The van der Waals surface area contributed by atoms with Crippen LogP contribution in [0.25, 0.3) is 0 Å². The van der Waals surface area contributed by atoms with E-state index in [1.807, 2.05) is 6.92 Å². The van der Waals surface area contributed by atoms with Crippen LogP contribution in [0.15, 0.2) is 24.3 Å². The van der Waals surface area contributed by atoms with Gasteiger partial charge in [0, 0.05) is 6.04 Å². The number of benzene rings is 1. The molecule has 1 amide bonds. The molecule has 3 heteroatoms. The van der Waals surface area contributed by atoms with Crippen molar-refractivity contribution in [2.75, 3.05) is 0 Å². The highest BCUT2D eigenvalue weighted by Gasteiger charge is 2.42. The second-order valence-corrected chi connectivity index (χ2v) is 6.44. The predicted molar refractivity (Wildman–Crippen MR) is 80.4 cm³/mol. The van der Waals surface area contributed by atoms with Crippen LogP contribution in [-0.2, 0) is 4.79 Å². The minimum Gasteiger partial charge on any atom is -0.319 e. The molecule has 1 aromatic carbocycles. The predicted octanol–water partition coefficient (Wildman–Crippen LogP) is 3.18. The van der Waals surface area contributed by atoms with E-state index in [4.69, 9.17) is 0 Å². The van der Waals surface area contributed by atoms with Crippen molar-refractivity contribution in [3.8, 4) is 0 Å². The summed E-state index contributed by atoms with van der Waals surface area (Å²) in [5.74, 6) is 0.802. The van der Waals surface area contributed by atoms with Crippen LogP contribution in [0.4, 0.5) is 0 Å². The normalized spacial score (nSPS) is 27.2. The number of carbonyl (C=O) groups is 1. The van der Waals surface area contributed by atoms with E-state index < -0.39 is 0 Å². The zero-order chi connectivity index (χ0) is 14.3. The molecule has 2 aliphatic rings. The van der Waals surface area contributed by atoms with Crippen LogP contribution in [0.2, 0.25) is 0 Å². The van der Waals surface area contributed by atoms with Gasteiger partial charge in [-0.2, -0.15) is 0 Å². The Morgan fingerprint density at radius 3 is 2.35 bits per heavy atom. The highest BCUT2D eigenvalue weighted by atomic mass is 16.2. The molecule has 0 bridgehead atoms. The Morgan fingerprint density at radius 2 is 1.85 bits per heavy atom. The molecule has 0 spiro atoms. The first-order valence-electron chi connectivity index (χ1n) is 7.76. The summed E-state index contributed by atoms with van der Waals surface area (Å²) in [6.07, 6.45) is 3.62. The number of hydrogen-bond donors (Lipinski definition) is 1. The monoisotopic (exact) mass is 272 g/mol. The van der Waals surface area contributed by atoms with Crippen LogP contribution in [0.5, 0.6) is 0 Å². The average molecular weight is 272 g/mol. The number of amides is 1. The average Bonchev–Trinajstić information content (AvgIpc) is 2.66. The van der Waals surface area contributed by atoms with E-state index >= 15 is 0 Å². The Hall–Kier alpha value is -1.35. The maximum atomic E-state index is 12.4. The van der Waals surface area contributed by atoms with Gasteiger partial charge in [-0.15, -0.1) is 0 Å². The lowest BCUT2D eigenvalue weighted by Gasteiger charge is -2.38. The lowest BCUT2D eigenvalue weighted by molar-refractivity contribution is -0.133. The molecule has 3 rings (SSSR count). The Morgan fingerprint density at radius 1 is 1.20 bits per heavy atom. The van der Waals surface area contributed by atoms with Crippen molar-refractivity contribution in [1.82, 2.24) is 10.2 Å². The summed E-state index contributed by atoms with van der Waals surface area (Å²) in [6.45, 7) is 6.38. The molecule has 0 radical (unpaired) electrons. The van der Waals surface area contributed by atoms with Gasteiger partial charge in [-0.05, 0) is 43.2 Å². The lowest BCUT2D eigenvalue weighted by Crippen LogP contribution is -2.43. The molecular weight excluding hydrogens is 248 g/mol. The van der Waals surface area contributed by atoms with Gasteiger partial charge in [0.2, 0.25) is 5.91 Å². The molecule has 1 N–H and O–H groups in total. The second-order valence-electron chi connectivity index (χ2n) is 6.44. The van der Waals surface area contributed by atoms with Gasteiger partial charge in [0.15, 0.2) is 0 Å². The number of carbonyl (C=O) groups excluding carboxylic acids is 1. The van der Waals surface area contributed by atoms with E-state index in [1.54, 1.807) is 0 Å². The van der Waals surface area contributed by atoms with Gasteiger partial charge in [-0.1, -0.05) is 38.1 Å². The first-order chi connectivity index (χ1) is 9.58. The maximum absolute atomic E-state index is 12.4. The quantitative estimate of drug-likeness (QED) is 0.916. The van der Waals surface area contributed by atoms with Crippen molar-refractivity contribution in [2.45, 2.75) is 64.2 Å². The zero-order valence-electron chi connectivity index (χ0n) is 12.6. The molecular formula is C17H24N2O. The molecule has 1 saturated carbocycles. The van der Waals surface area contributed by atoms with Crippen molar-refractivity contribution in [1.29, 1.82) is 0 Å². The molecule has 1 aliphatic heterocycles. The first kappa shape index (κ1) is 13.6. The Labute approximate surface area is 121 Å². The van der Waals surface area contributed by atoms with Gasteiger partial charge < -0.3 is 4.90 Å². The molecule has 0 aromatic heterocycles. The summed E-state index contributed by atoms with van der Waals surface area (Å²) < 4.78 is 0. The van der Waals surface area contributed by atoms with E-state index in [0.717, 1.165) is 12.8 Å². The van der Waals surface area contributed by atoms with Crippen LogP contribution in [0, 0.1) is 0 Å².